The van der Waals surface area contributed by atoms with Gasteiger partial charge in [0.05, 0.1) is 12.2 Å². The molecule has 0 aliphatic carbocycles. The molecule has 3 rings (SSSR count). The molecule has 2 aromatic heterocycles. The lowest BCUT2D eigenvalue weighted by Crippen LogP contribution is -2.06. The quantitative estimate of drug-likeness (QED) is 0.570. The number of carbonyl (C=O) groups is 1. The van der Waals surface area contributed by atoms with Gasteiger partial charge in [0, 0.05) is 11.9 Å². The van der Waals surface area contributed by atoms with Crippen molar-refractivity contribution in [2.24, 2.45) is 0 Å². The highest BCUT2D eigenvalue weighted by molar-refractivity contribution is 5.90. The fourth-order valence-corrected chi connectivity index (χ4v) is 2.36. The minimum atomic E-state index is -0.359. The Morgan fingerprint density at radius 3 is 2.44 bits per heavy atom. The average molecular weight is 364 g/mol. The van der Waals surface area contributed by atoms with E-state index in [-0.39, 0.29) is 5.97 Å². The molecule has 3 aromatic rings. The van der Waals surface area contributed by atoms with E-state index in [1.807, 2.05) is 19.1 Å². The van der Waals surface area contributed by atoms with Crippen LogP contribution in [0.2, 0.25) is 0 Å². The van der Waals surface area contributed by atoms with Gasteiger partial charge in [-0.1, -0.05) is 0 Å². The minimum absolute atomic E-state index is 0.335. The minimum Gasteiger partial charge on any atom is -0.462 e. The molecular formula is C19H20N6O2. The number of aryl methyl sites for hydroxylation is 1. The number of hydrogen-bond donors (Lipinski definition) is 3. The number of carbonyl (C=O) groups excluding carboxylic acids is 1. The Hall–Kier alpha value is -3.68. The number of aromatic nitrogens is 3. The Morgan fingerprint density at radius 2 is 1.78 bits per heavy atom. The maximum absolute atomic E-state index is 11.7. The van der Waals surface area contributed by atoms with Crippen molar-refractivity contribution in [1.29, 1.82) is 0 Å². The normalized spacial score (nSPS) is 10.3. The van der Waals surface area contributed by atoms with Crippen LogP contribution in [-0.4, -0.2) is 27.5 Å². The zero-order valence-electron chi connectivity index (χ0n) is 15.1. The van der Waals surface area contributed by atoms with Crippen molar-refractivity contribution in [1.82, 2.24) is 15.0 Å². The van der Waals surface area contributed by atoms with Crippen LogP contribution in [0.4, 0.5) is 28.8 Å². The molecule has 27 heavy (non-hydrogen) atoms. The van der Waals surface area contributed by atoms with Crippen molar-refractivity contribution in [3.63, 3.8) is 0 Å². The highest BCUT2D eigenvalue weighted by Gasteiger charge is 2.10. The van der Waals surface area contributed by atoms with Crippen LogP contribution in [-0.2, 0) is 4.74 Å². The first kappa shape index (κ1) is 18.1. The van der Waals surface area contributed by atoms with E-state index in [4.69, 9.17) is 10.5 Å². The summed E-state index contributed by atoms with van der Waals surface area (Å²) in [4.78, 5) is 24.3. The van der Waals surface area contributed by atoms with Crippen LogP contribution in [0.3, 0.4) is 0 Å². The number of hydrogen-bond acceptors (Lipinski definition) is 8. The van der Waals surface area contributed by atoms with E-state index in [1.165, 1.54) is 6.33 Å². The Balaban J connectivity index is 1.76. The van der Waals surface area contributed by atoms with Gasteiger partial charge < -0.3 is 21.1 Å². The van der Waals surface area contributed by atoms with Crippen molar-refractivity contribution >= 4 is 34.8 Å². The van der Waals surface area contributed by atoms with Gasteiger partial charge >= 0.3 is 5.97 Å². The lowest BCUT2D eigenvalue weighted by molar-refractivity contribution is 0.0526. The Bertz CT molecular complexity index is 943. The summed E-state index contributed by atoms with van der Waals surface area (Å²) in [5.74, 6) is 1.19. The standard InChI is InChI=1S/C19H20N6O2/c1-3-27-19(26)13-4-6-14(7-5-13)24-17-16(20)18(23-11-22-17)25-15-10-12(2)8-9-21-15/h4-11H,3,20H2,1-2H3,(H2,21,22,23,24,25). The summed E-state index contributed by atoms with van der Waals surface area (Å²) in [6.07, 6.45) is 3.11. The molecule has 0 aliphatic rings. The number of pyridine rings is 1. The van der Waals surface area contributed by atoms with E-state index in [1.54, 1.807) is 37.4 Å². The van der Waals surface area contributed by atoms with E-state index in [9.17, 15) is 4.79 Å². The number of nitrogen functional groups attached to an aromatic ring is 1. The number of nitrogens with two attached hydrogens (primary N) is 1. The maximum Gasteiger partial charge on any atom is 0.338 e. The molecule has 0 spiro atoms. The molecule has 0 atom stereocenters. The lowest BCUT2D eigenvalue weighted by atomic mass is 10.2. The van der Waals surface area contributed by atoms with E-state index in [2.05, 4.69) is 25.6 Å². The van der Waals surface area contributed by atoms with E-state index < -0.39 is 0 Å². The van der Waals surface area contributed by atoms with Crippen LogP contribution in [0.15, 0.2) is 48.9 Å². The summed E-state index contributed by atoms with van der Waals surface area (Å²) in [6, 6.07) is 10.7. The smallest absolute Gasteiger partial charge is 0.338 e. The van der Waals surface area contributed by atoms with Gasteiger partial charge in [0.15, 0.2) is 11.6 Å². The first-order valence-corrected chi connectivity index (χ1v) is 8.41. The molecule has 0 bridgehead atoms. The zero-order chi connectivity index (χ0) is 19.2. The molecule has 0 fully saturated rings. The fraction of sp³-hybridized carbons (Fsp3) is 0.158. The van der Waals surface area contributed by atoms with Crippen molar-refractivity contribution in [2.45, 2.75) is 13.8 Å². The van der Waals surface area contributed by atoms with Gasteiger partial charge in [-0.05, 0) is 55.8 Å². The summed E-state index contributed by atoms with van der Waals surface area (Å²) >= 11 is 0. The molecule has 0 saturated carbocycles. The fourth-order valence-electron chi connectivity index (χ4n) is 2.36. The number of anilines is 5. The molecule has 0 saturated heterocycles. The zero-order valence-corrected chi connectivity index (χ0v) is 15.1. The van der Waals surface area contributed by atoms with Gasteiger partial charge in [0.25, 0.3) is 0 Å². The molecule has 4 N–H and O–H groups in total. The molecule has 0 radical (unpaired) electrons. The summed E-state index contributed by atoms with van der Waals surface area (Å²) in [6.45, 7) is 4.08. The topological polar surface area (TPSA) is 115 Å². The SMILES string of the molecule is CCOC(=O)c1ccc(Nc2ncnc(Nc3cc(C)ccn3)c2N)cc1. The van der Waals surface area contributed by atoms with Gasteiger partial charge in [0.2, 0.25) is 0 Å². The molecule has 8 heteroatoms. The molecular weight excluding hydrogens is 344 g/mol. The van der Waals surface area contributed by atoms with Crippen LogP contribution < -0.4 is 16.4 Å². The second-order valence-corrected chi connectivity index (χ2v) is 5.75. The van der Waals surface area contributed by atoms with Crippen LogP contribution in [0.25, 0.3) is 0 Å². The maximum atomic E-state index is 11.7. The van der Waals surface area contributed by atoms with Crippen molar-refractivity contribution < 1.29 is 9.53 Å². The van der Waals surface area contributed by atoms with E-state index in [0.717, 1.165) is 11.3 Å². The highest BCUT2D eigenvalue weighted by atomic mass is 16.5. The first-order chi connectivity index (χ1) is 13.1. The molecule has 2 heterocycles. The van der Waals surface area contributed by atoms with Crippen LogP contribution in [0, 0.1) is 6.92 Å². The van der Waals surface area contributed by atoms with E-state index >= 15 is 0 Å². The highest BCUT2D eigenvalue weighted by Crippen LogP contribution is 2.27. The molecule has 0 aliphatic heterocycles. The van der Waals surface area contributed by atoms with Gasteiger partial charge in [-0.15, -0.1) is 0 Å². The molecule has 1 aromatic carbocycles. The summed E-state index contributed by atoms with van der Waals surface area (Å²) in [5.41, 5.74) is 8.82. The Morgan fingerprint density at radius 1 is 1.07 bits per heavy atom. The Labute approximate surface area is 156 Å². The second kappa shape index (κ2) is 8.13. The number of ether oxygens (including phenoxy) is 1. The Kier molecular flexibility index (Phi) is 5.46. The number of esters is 1. The number of nitrogens with zero attached hydrogens (tertiary/aromatic N) is 3. The largest absolute Gasteiger partial charge is 0.462 e. The average Bonchev–Trinajstić information content (AvgIpc) is 2.66. The lowest BCUT2D eigenvalue weighted by Gasteiger charge is -2.12. The van der Waals surface area contributed by atoms with Gasteiger partial charge in [0.1, 0.15) is 17.8 Å². The second-order valence-electron chi connectivity index (χ2n) is 5.75. The molecule has 0 unspecified atom stereocenters. The predicted molar refractivity (Wildman–Crippen MR) is 104 cm³/mol. The van der Waals surface area contributed by atoms with Crippen molar-refractivity contribution in [3.8, 4) is 0 Å². The first-order valence-electron chi connectivity index (χ1n) is 8.41. The monoisotopic (exact) mass is 364 g/mol. The van der Waals surface area contributed by atoms with Gasteiger partial charge in [-0.2, -0.15) is 0 Å². The third-order valence-electron chi connectivity index (χ3n) is 3.70. The van der Waals surface area contributed by atoms with Gasteiger partial charge in [-0.25, -0.2) is 19.7 Å². The van der Waals surface area contributed by atoms with Crippen LogP contribution in [0.1, 0.15) is 22.8 Å². The molecule has 0 amide bonds. The van der Waals surface area contributed by atoms with Gasteiger partial charge in [-0.3, -0.25) is 0 Å². The van der Waals surface area contributed by atoms with Crippen molar-refractivity contribution in [2.75, 3.05) is 23.0 Å². The molecule has 8 nitrogen and oxygen atoms in total. The summed E-state index contributed by atoms with van der Waals surface area (Å²) in [5, 5.41) is 6.21. The summed E-state index contributed by atoms with van der Waals surface area (Å²) in [7, 11) is 0. The number of rotatable bonds is 6. The van der Waals surface area contributed by atoms with Crippen LogP contribution >= 0.6 is 0 Å². The van der Waals surface area contributed by atoms with Crippen molar-refractivity contribution in [3.05, 3.63) is 60.0 Å². The predicted octanol–water partition coefficient (Wildman–Crippen LogP) is 3.43. The number of benzene rings is 1. The molecule has 138 valence electrons. The summed E-state index contributed by atoms with van der Waals surface area (Å²) < 4.78 is 4.97. The third-order valence-corrected chi connectivity index (χ3v) is 3.70. The number of nitrogens with one attached hydrogen (secondary N) is 2. The van der Waals surface area contributed by atoms with E-state index in [0.29, 0.717) is 35.3 Å². The third kappa shape index (κ3) is 4.49. The van der Waals surface area contributed by atoms with Crippen LogP contribution in [0.5, 0.6) is 0 Å².